The second-order valence-corrected chi connectivity index (χ2v) is 3.88. The van der Waals surface area contributed by atoms with Gasteiger partial charge in [-0.3, -0.25) is 0 Å². The predicted molar refractivity (Wildman–Crippen MR) is 58.8 cm³/mol. The van der Waals surface area contributed by atoms with Crippen molar-refractivity contribution in [2.45, 2.75) is 11.4 Å². The first-order valence-electron chi connectivity index (χ1n) is 4.60. The lowest BCUT2D eigenvalue weighted by Crippen LogP contribution is -1.99. The molecule has 1 N–H and O–H groups in total. The molecule has 1 aromatic heterocycles. The molecule has 0 saturated heterocycles. The van der Waals surface area contributed by atoms with Crippen LogP contribution in [0.2, 0.25) is 0 Å². The molecule has 0 saturated carbocycles. The number of halogens is 1. The number of hydrogen-bond donors (Lipinski definition) is 1. The summed E-state index contributed by atoms with van der Waals surface area (Å²) in [6.45, 7) is 0.679. The zero-order chi connectivity index (χ0) is 11.1. The van der Waals surface area contributed by atoms with Gasteiger partial charge in [-0.05, 0) is 6.42 Å². The normalized spacial score (nSPS) is 10.3. The van der Waals surface area contributed by atoms with Crippen LogP contribution in [-0.2, 0) is 4.74 Å². The molecule has 0 aliphatic heterocycles. The zero-order valence-corrected chi connectivity index (χ0v) is 9.60. The molecule has 0 bridgehead atoms. The van der Waals surface area contributed by atoms with E-state index in [2.05, 4.69) is 15.3 Å². The number of thioether (sulfide) groups is 1. The fourth-order valence-corrected chi connectivity index (χ4v) is 1.74. The molecule has 15 heavy (non-hydrogen) atoms. The third-order valence-corrected chi connectivity index (χ3v) is 2.72. The number of anilines is 1. The predicted octanol–water partition coefficient (Wildman–Crippen LogP) is 1.79. The van der Waals surface area contributed by atoms with Gasteiger partial charge in [0.2, 0.25) is 5.95 Å². The highest BCUT2D eigenvalue weighted by Gasteiger charge is 2.06. The van der Waals surface area contributed by atoms with Crippen molar-refractivity contribution in [3.05, 3.63) is 12.0 Å². The van der Waals surface area contributed by atoms with Gasteiger partial charge in [0.25, 0.3) is 0 Å². The Balaban J connectivity index is 2.51. The van der Waals surface area contributed by atoms with E-state index < -0.39 is 0 Å². The lowest BCUT2D eigenvalue weighted by atomic mass is 10.5. The van der Waals surface area contributed by atoms with E-state index in [0.717, 1.165) is 12.2 Å². The minimum atomic E-state index is -0.378. The maximum absolute atomic E-state index is 13.2. The van der Waals surface area contributed by atoms with Gasteiger partial charge in [-0.15, -0.1) is 11.8 Å². The van der Waals surface area contributed by atoms with Crippen molar-refractivity contribution in [2.24, 2.45) is 0 Å². The van der Waals surface area contributed by atoms with Crippen molar-refractivity contribution in [1.29, 1.82) is 0 Å². The number of nitrogens with zero attached hydrogens (tertiary/aromatic N) is 2. The summed E-state index contributed by atoms with van der Waals surface area (Å²) in [5.41, 5.74) is 0. The van der Waals surface area contributed by atoms with Crippen molar-refractivity contribution in [3.8, 4) is 0 Å². The summed E-state index contributed by atoms with van der Waals surface area (Å²) in [6.07, 6.45) is 2.05. The molecule has 1 aromatic rings. The summed E-state index contributed by atoms with van der Waals surface area (Å²) >= 11 is 1.37. The van der Waals surface area contributed by atoms with Crippen molar-refractivity contribution in [2.75, 3.05) is 31.8 Å². The summed E-state index contributed by atoms with van der Waals surface area (Å²) in [6, 6.07) is 0. The van der Waals surface area contributed by atoms with E-state index in [4.69, 9.17) is 4.74 Å². The quantitative estimate of drug-likeness (QED) is 0.459. The highest BCUT2D eigenvalue weighted by atomic mass is 32.2. The Hall–Kier alpha value is -0.880. The monoisotopic (exact) mass is 231 g/mol. The van der Waals surface area contributed by atoms with Crippen LogP contribution in [0.4, 0.5) is 10.3 Å². The first kappa shape index (κ1) is 12.2. The second kappa shape index (κ2) is 6.58. The smallest absolute Gasteiger partial charge is 0.223 e. The molecule has 6 heteroatoms. The molecule has 1 rings (SSSR count). The fourth-order valence-electron chi connectivity index (χ4n) is 0.945. The molecule has 1 heterocycles. The van der Waals surface area contributed by atoms with E-state index in [0.29, 0.717) is 17.6 Å². The van der Waals surface area contributed by atoms with Crippen molar-refractivity contribution < 1.29 is 9.13 Å². The lowest BCUT2D eigenvalue weighted by molar-refractivity contribution is 0.200. The topological polar surface area (TPSA) is 47.0 Å². The minimum Gasteiger partial charge on any atom is -0.385 e. The Labute approximate surface area is 92.6 Å². The van der Waals surface area contributed by atoms with E-state index in [1.165, 1.54) is 18.0 Å². The van der Waals surface area contributed by atoms with Gasteiger partial charge in [0.15, 0.2) is 5.82 Å². The van der Waals surface area contributed by atoms with E-state index in [-0.39, 0.29) is 5.82 Å². The van der Waals surface area contributed by atoms with E-state index in [1.807, 2.05) is 0 Å². The van der Waals surface area contributed by atoms with Gasteiger partial charge in [-0.25, -0.2) is 14.4 Å². The number of aromatic nitrogens is 2. The van der Waals surface area contributed by atoms with Gasteiger partial charge < -0.3 is 10.1 Å². The van der Waals surface area contributed by atoms with Crippen LogP contribution >= 0.6 is 11.8 Å². The summed E-state index contributed by atoms with van der Waals surface area (Å²) < 4.78 is 18.1. The molecule has 0 amide bonds. The average molecular weight is 231 g/mol. The summed E-state index contributed by atoms with van der Waals surface area (Å²) in [5.74, 6) is 0.840. The SMILES string of the molecule is CNc1ncc(F)c(SCCCOC)n1. The molecule has 0 spiro atoms. The molecule has 0 radical (unpaired) electrons. The molecule has 0 aliphatic carbocycles. The van der Waals surface area contributed by atoms with Gasteiger partial charge in [0.1, 0.15) is 5.03 Å². The molecule has 0 fully saturated rings. The zero-order valence-electron chi connectivity index (χ0n) is 8.79. The molecular weight excluding hydrogens is 217 g/mol. The largest absolute Gasteiger partial charge is 0.385 e. The highest BCUT2D eigenvalue weighted by Crippen LogP contribution is 2.20. The van der Waals surface area contributed by atoms with Crippen LogP contribution in [0.15, 0.2) is 11.2 Å². The van der Waals surface area contributed by atoms with Crippen LogP contribution in [0.25, 0.3) is 0 Å². The number of nitrogens with one attached hydrogen (secondary N) is 1. The summed E-state index contributed by atoms with van der Waals surface area (Å²) in [4.78, 5) is 7.78. The molecule has 0 aromatic carbocycles. The Bertz CT molecular complexity index is 311. The maximum atomic E-state index is 13.2. The maximum Gasteiger partial charge on any atom is 0.223 e. The van der Waals surface area contributed by atoms with Crippen LogP contribution in [0.1, 0.15) is 6.42 Å². The minimum absolute atomic E-state index is 0.378. The fraction of sp³-hybridized carbons (Fsp3) is 0.556. The van der Waals surface area contributed by atoms with Gasteiger partial charge in [-0.2, -0.15) is 0 Å². The van der Waals surface area contributed by atoms with Crippen molar-refractivity contribution >= 4 is 17.7 Å². The van der Waals surface area contributed by atoms with Crippen LogP contribution < -0.4 is 5.32 Å². The molecule has 0 unspecified atom stereocenters. The van der Waals surface area contributed by atoms with Crippen molar-refractivity contribution in [1.82, 2.24) is 9.97 Å². The standard InChI is InChI=1S/C9H14FN3OS/c1-11-9-12-6-7(10)8(13-9)15-5-3-4-14-2/h6H,3-5H2,1-2H3,(H,11,12,13). The van der Waals surface area contributed by atoms with Crippen molar-refractivity contribution in [3.63, 3.8) is 0 Å². The Morgan fingerprint density at radius 1 is 1.60 bits per heavy atom. The molecule has 4 nitrogen and oxygen atoms in total. The van der Waals surface area contributed by atoms with Crippen LogP contribution in [0.5, 0.6) is 0 Å². The first-order chi connectivity index (χ1) is 7.27. The number of hydrogen-bond acceptors (Lipinski definition) is 5. The summed E-state index contributed by atoms with van der Waals surface area (Å²) in [7, 11) is 3.35. The van der Waals surface area contributed by atoms with Gasteiger partial charge in [0.05, 0.1) is 6.20 Å². The first-order valence-corrected chi connectivity index (χ1v) is 5.58. The van der Waals surface area contributed by atoms with Gasteiger partial charge >= 0.3 is 0 Å². The second-order valence-electron chi connectivity index (χ2n) is 2.79. The molecule has 0 atom stereocenters. The average Bonchev–Trinajstić information content (AvgIpc) is 2.26. The third kappa shape index (κ3) is 4.01. The Morgan fingerprint density at radius 3 is 3.07 bits per heavy atom. The Morgan fingerprint density at radius 2 is 2.40 bits per heavy atom. The summed E-state index contributed by atoms with van der Waals surface area (Å²) in [5, 5.41) is 3.15. The third-order valence-electron chi connectivity index (χ3n) is 1.67. The number of ether oxygens (including phenoxy) is 1. The van der Waals surface area contributed by atoms with Crippen LogP contribution in [0, 0.1) is 5.82 Å². The van der Waals surface area contributed by atoms with E-state index in [9.17, 15) is 4.39 Å². The van der Waals surface area contributed by atoms with Gasteiger partial charge in [-0.1, -0.05) is 0 Å². The lowest BCUT2D eigenvalue weighted by Gasteiger charge is -2.03. The number of methoxy groups -OCH3 is 1. The van der Waals surface area contributed by atoms with E-state index >= 15 is 0 Å². The molecule has 84 valence electrons. The molecular formula is C9H14FN3OS. The van der Waals surface area contributed by atoms with Crippen LogP contribution in [-0.4, -0.2) is 36.5 Å². The van der Waals surface area contributed by atoms with E-state index in [1.54, 1.807) is 14.2 Å². The highest BCUT2D eigenvalue weighted by molar-refractivity contribution is 7.99. The number of rotatable bonds is 6. The van der Waals surface area contributed by atoms with Crippen LogP contribution in [0.3, 0.4) is 0 Å². The molecule has 0 aliphatic rings. The van der Waals surface area contributed by atoms with Gasteiger partial charge in [0, 0.05) is 26.5 Å². The Kier molecular flexibility index (Phi) is 5.34.